The zero-order valence-electron chi connectivity index (χ0n) is 7.28. The van der Waals surface area contributed by atoms with E-state index >= 15 is 0 Å². The van der Waals surface area contributed by atoms with Crippen LogP contribution in [0.5, 0.6) is 0 Å². The van der Waals surface area contributed by atoms with Crippen LogP contribution in [0, 0.1) is 12.3 Å². The van der Waals surface area contributed by atoms with Gasteiger partial charge >= 0.3 is 7.82 Å². The topological polar surface area (TPSA) is 44.8 Å². The predicted octanol–water partition coefficient (Wildman–Crippen LogP) is 1.82. The lowest BCUT2D eigenvalue weighted by atomic mass is 10.8. The van der Waals surface area contributed by atoms with Gasteiger partial charge in [0, 0.05) is 0 Å². The Morgan fingerprint density at radius 3 is 2.08 bits per heavy atom. The Balaban J connectivity index is 4.01. The number of terminal acetylenes is 1. The summed E-state index contributed by atoms with van der Waals surface area (Å²) in [6.45, 7) is 3.86. The SMILES string of the molecule is C#CCOP(=O)(OCC)OCC. The van der Waals surface area contributed by atoms with Crippen molar-refractivity contribution in [2.45, 2.75) is 13.8 Å². The fourth-order valence-corrected chi connectivity index (χ4v) is 1.63. The molecule has 0 saturated heterocycles. The van der Waals surface area contributed by atoms with Crippen molar-refractivity contribution in [1.82, 2.24) is 0 Å². The van der Waals surface area contributed by atoms with Crippen molar-refractivity contribution < 1.29 is 18.1 Å². The number of phosphoric ester groups is 1. The van der Waals surface area contributed by atoms with Crippen molar-refractivity contribution in [1.29, 1.82) is 0 Å². The highest BCUT2D eigenvalue weighted by Gasteiger charge is 2.24. The maximum atomic E-state index is 11.4. The van der Waals surface area contributed by atoms with Crippen LogP contribution in [0.2, 0.25) is 0 Å². The van der Waals surface area contributed by atoms with Gasteiger partial charge in [-0.1, -0.05) is 5.92 Å². The Morgan fingerprint density at radius 1 is 1.25 bits per heavy atom. The summed E-state index contributed by atoms with van der Waals surface area (Å²) >= 11 is 0. The average molecular weight is 192 g/mol. The Hall–Kier alpha value is -0.330. The molecule has 0 fully saturated rings. The summed E-state index contributed by atoms with van der Waals surface area (Å²) < 4.78 is 25.7. The van der Waals surface area contributed by atoms with Crippen molar-refractivity contribution >= 4 is 7.82 Å². The lowest BCUT2D eigenvalue weighted by Gasteiger charge is -2.14. The van der Waals surface area contributed by atoms with E-state index in [0.717, 1.165) is 0 Å². The molecule has 0 atom stereocenters. The highest BCUT2D eigenvalue weighted by Crippen LogP contribution is 2.48. The van der Waals surface area contributed by atoms with E-state index in [-0.39, 0.29) is 19.8 Å². The number of rotatable bonds is 6. The van der Waals surface area contributed by atoms with Gasteiger partial charge in [-0.05, 0) is 13.8 Å². The van der Waals surface area contributed by atoms with Gasteiger partial charge in [0.2, 0.25) is 0 Å². The molecule has 0 rings (SSSR count). The second-order valence-corrected chi connectivity index (χ2v) is 3.43. The van der Waals surface area contributed by atoms with Gasteiger partial charge in [0.05, 0.1) is 13.2 Å². The third kappa shape index (κ3) is 4.53. The quantitative estimate of drug-likeness (QED) is 0.475. The minimum atomic E-state index is -3.38. The van der Waals surface area contributed by atoms with Crippen molar-refractivity contribution in [3.05, 3.63) is 0 Å². The molecule has 0 spiro atoms. The molecule has 5 heteroatoms. The first-order valence-electron chi connectivity index (χ1n) is 3.65. The van der Waals surface area contributed by atoms with Gasteiger partial charge in [-0.2, -0.15) is 0 Å². The summed E-state index contributed by atoms with van der Waals surface area (Å²) in [5.74, 6) is 2.19. The highest BCUT2D eigenvalue weighted by molar-refractivity contribution is 7.48. The summed E-state index contributed by atoms with van der Waals surface area (Å²) in [6, 6.07) is 0. The molecule has 0 aromatic heterocycles. The molecular formula is C7H13O4P. The molecule has 0 aliphatic heterocycles. The highest BCUT2D eigenvalue weighted by atomic mass is 31.2. The van der Waals surface area contributed by atoms with E-state index in [9.17, 15) is 4.57 Å². The Kier molecular flexibility index (Phi) is 6.04. The van der Waals surface area contributed by atoms with Gasteiger partial charge in [-0.25, -0.2) is 4.57 Å². The number of phosphoric acid groups is 1. The van der Waals surface area contributed by atoms with Crippen LogP contribution in [-0.4, -0.2) is 19.8 Å². The van der Waals surface area contributed by atoms with Crippen LogP contribution < -0.4 is 0 Å². The lowest BCUT2D eigenvalue weighted by molar-refractivity contribution is 0.132. The molecule has 0 radical (unpaired) electrons. The standard InChI is InChI=1S/C7H13O4P/c1-4-7-11-12(8,9-5-2)10-6-3/h1H,5-7H2,2-3H3. The van der Waals surface area contributed by atoms with Gasteiger partial charge in [-0.15, -0.1) is 6.42 Å². The Bertz CT molecular complexity index is 186. The fourth-order valence-electron chi connectivity index (χ4n) is 0.544. The van der Waals surface area contributed by atoms with E-state index in [0.29, 0.717) is 0 Å². The molecule has 0 aliphatic rings. The average Bonchev–Trinajstić information content (AvgIpc) is 2.02. The van der Waals surface area contributed by atoms with Crippen LogP contribution in [-0.2, 0) is 18.1 Å². The number of hydrogen-bond acceptors (Lipinski definition) is 4. The molecule has 0 heterocycles. The lowest BCUT2D eigenvalue weighted by Crippen LogP contribution is -2.00. The zero-order valence-corrected chi connectivity index (χ0v) is 8.17. The maximum Gasteiger partial charge on any atom is 0.475 e. The molecule has 0 unspecified atom stereocenters. The third-order valence-electron chi connectivity index (χ3n) is 0.880. The molecule has 0 saturated carbocycles. The second-order valence-electron chi connectivity index (χ2n) is 1.76. The summed E-state index contributed by atoms with van der Waals surface area (Å²) in [6.07, 6.45) is 4.92. The van der Waals surface area contributed by atoms with Crippen molar-refractivity contribution in [2.24, 2.45) is 0 Å². The van der Waals surface area contributed by atoms with Crippen LogP contribution in [0.4, 0.5) is 0 Å². The van der Waals surface area contributed by atoms with Crippen LogP contribution in [0.25, 0.3) is 0 Å². The first-order chi connectivity index (χ1) is 5.68. The molecule has 70 valence electrons. The zero-order chi connectivity index (χ0) is 9.45. The molecule has 0 aromatic rings. The minimum absolute atomic E-state index is 0.0721. The van der Waals surface area contributed by atoms with Gasteiger partial charge in [0.25, 0.3) is 0 Å². The van der Waals surface area contributed by atoms with E-state index in [1.54, 1.807) is 13.8 Å². The van der Waals surface area contributed by atoms with Crippen molar-refractivity contribution in [3.8, 4) is 12.3 Å². The van der Waals surface area contributed by atoms with Gasteiger partial charge in [0.1, 0.15) is 6.61 Å². The largest absolute Gasteiger partial charge is 0.475 e. The maximum absolute atomic E-state index is 11.4. The molecule has 0 N–H and O–H groups in total. The van der Waals surface area contributed by atoms with E-state index in [2.05, 4.69) is 5.92 Å². The molecular weight excluding hydrogens is 179 g/mol. The van der Waals surface area contributed by atoms with Gasteiger partial charge in [0.15, 0.2) is 0 Å². The third-order valence-corrected chi connectivity index (χ3v) is 2.47. The summed E-state index contributed by atoms with van der Waals surface area (Å²) in [4.78, 5) is 0. The van der Waals surface area contributed by atoms with Crippen LogP contribution in [0.1, 0.15) is 13.8 Å². The van der Waals surface area contributed by atoms with Crippen LogP contribution in [0.15, 0.2) is 0 Å². The van der Waals surface area contributed by atoms with Crippen LogP contribution in [0.3, 0.4) is 0 Å². The van der Waals surface area contributed by atoms with Gasteiger partial charge < -0.3 is 0 Å². The first kappa shape index (κ1) is 11.7. The molecule has 0 aromatic carbocycles. The monoisotopic (exact) mass is 192 g/mol. The summed E-state index contributed by atoms with van der Waals surface area (Å²) in [5.41, 5.74) is 0. The minimum Gasteiger partial charge on any atom is -0.287 e. The van der Waals surface area contributed by atoms with E-state index in [4.69, 9.17) is 20.0 Å². The van der Waals surface area contributed by atoms with Gasteiger partial charge in [-0.3, -0.25) is 13.6 Å². The molecule has 0 amide bonds. The summed E-state index contributed by atoms with van der Waals surface area (Å²) in [5, 5.41) is 0. The number of hydrogen-bond donors (Lipinski definition) is 0. The molecule has 12 heavy (non-hydrogen) atoms. The molecule has 0 bridgehead atoms. The van der Waals surface area contributed by atoms with Crippen molar-refractivity contribution in [3.63, 3.8) is 0 Å². The first-order valence-corrected chi connectivity index (χ1v) is 5.11. The summed E-state index contributed by atoms with van der Waals surface area (Å²) in [7, 11) is -3.38. The smallest absolute Gasteiger partial charge is 0.287 e. The Morgan fingerprint density at radius 2 is 1.75 bits per heavy atom. The van der Waals surface area contributed by atoms with E-state index < -0.39 is 7.82 Å². The predicted molar refractivity (Wildman–Crippen MR) is 45.6 cm³/mol. The normalized spacial score (nSPS) is 11.1. The molecule has 0 aliphatic carbocycles. The van der Waals surface area contributed by atoms with Crippen LogP contribution >= 0.6 is 7.82 Å². The van der Waals surface area contributed by atoms with E-state index in [1.165, 1.54) is 0 Å². The van der Waals surface area contributed by atoms with Crippen molar-refractivity contribution in [2.75, 3.05) is 19.8 Å². The fraction of sp³-hybridized carbons (Fsp3) is 0.714. The molecule has 4 nitrogen and oxygen atoms in total. The Labute approximate surface area is 72.8 Å². The second kappa shape index (κ2) is 6.22. The van der Waals surface area contributed by atoms with E-state index in [1.807, 2.05) is 0 Å².